The highest BCUT2D eigenvalue weighted by Gasteiger charge is 2.39. The fourth-order valence-electron chi connectivity index (χ4n) is 6.08. The van der Waals surface area contributed by atoms with Crippen molar-refractivity contribution in [2.24, 2.45) is 5.92 Å². The monoisotopic (exact) mass is 799 g/mol. The smallest absolute Gasteiger partial charge is 0.408 e. The molecule has 0 heterocycles. The highest BCUT2D eigenvalue weighted by Crippen LogP contribution is 2.44. The van der Waals surface area contributed by atoms with Crippen LogP contribution in [0.5, 0.6) is 0 Å². The van der Waals surface area contributed by atoms with Gasteiger partial charge in [0.2, 0.25) is 17.7 Å². The molecule has 5 amide bonds. The van der Waals surface area contributed by atoms with Crippen molar-refractivity contribution in [1.29, 1.82) is 0 Å². The van der Waals surface area contributed by atoms with Crippen molar-refractivity contribution in [3.8, 4) is 11.1 Å². The van der Waals surface area contributed by atoms with E-state index >= 15 is 0 Å². The van der Waals surface area contributed by atoms with Crippen LogP contribution in [-0.2, 0) is 38.2 Å². The van der Waals surface area contributed by atoms with Crippen LogP contribution in [0.25, 0.3) is 11.1 Å². The minimum absolute atomic E-state index is 0.0667. The predicted molar refractivity (Wildman–Crippen MR) is 208 cm³/mol. The van der Waals surface area contributed by atoms with Crippen molar-refractivity contribution in [3.63, 3.8) is 0 Å². The van der Waals surface area contributed by atoms with Crippen molar-refractivity contribution < 1.29 is 52.9 Å². The van der Waals surface area contributed by atoms with E-state index in [9.17, 15) is 38.7 Å². The first-order valence-electron chi connectivity index (χ1n) is 18.1. The molecule has 0 saturated carbocycles. The number of carboxylic acids is 1. The molecule has 1 aliphatic carbocycles. The molecule has 56 heavy (non-hydrogen) atoms. The van der Waals surface area contributed by atoms with Gasteiger partial charge in [-0.1, -0.05) is 62.4 Å². The fraction of sp³-hybridized carbons (Fsp3) is 0.513. The maximum absolute atomic E-state index is 14.1. The Morgan fingerprint density at radius 2 is 1.36 bits per heavy atom. The van der Waals surface area contributed by atoms with Gasteiger partial charge in [0, 0.05) is 39.7 Å². The molecule has 2 aromatic rings. The van der Waals surface area contributed by atoms with Gasteiger partial charge < -0.3 is 39.8 Å². The molecule has 16 nitrogen and oxygen atoms in total. The van der Waals surface area contributed by atoms with E-state index < -0.39 is 78.2 Å². The summed E-state index contributed by atoms with van der Waals surface area (Å²) in [5, 5.41) is 14.6. The van der Waals surface area contributed by atoms with Gasteiger partial charge in [-0.15, -0.1) is 0 Å². The molecule has 0 saturated heterocycles. The minimum atomic E-state index is -1.68. The van der Waals surface area contributed by atoms with Gasteiger partial charge in [-0.05, 0) is 67.8 Å². The molecule has 0 unspecified atom stereocenters. The second-order valence-electron chi connectivity index (χ2n) is 14.8. The molecule has 3 N–H and O–H groups in total. The molecule has 0 radical (unpaired) electrons. The number of aliphatic carboxylic acids is 1. The van der Waals surface area contributed by atoms with Crippen molar-refractivity contribution >= 4 is 53.8 Å². The number of ether oxygens (including phenoxy) is 3. The van der Waals surface area contributed by atoms with E-state index in [2.05, 4.69) is 10.6 Å². The highest BCUT2D eigenvalue weighted by atomic mass is 32.2. The third kappa shape index (κ3) is 11.8. The van der Waals surface area contributed by atoms with E-state index in [-0.39, 0.29) is 24.2 Å². The van der Waals surface area contributed by atoms with Crippen LogP contribution in [-0.4, -0.2) is 131 Å². The summed E-state index contributed by atoms with van der Waals surface area (Å²) in [6.45, 7) is 10.2. The van der Waals surface area contributed by atoms with Crippen LogP contribution in [0.1, 0.15) is 65.5 Å². The molecule has 2 aromatic carbocycles. The first kappa shape index (κ1) is 45.1. The van der Waals surface area contributed by atoms with Gasteiger partial charge in [0.05, 0.1) is 0 Å². The van der Waals surface area contributed by atoms with Gasteiger partial charge in [0.1, 0.15) is 36.9 Å². The second kappa shape index (κ2) is 19.5. The number of alkyl carbamates (subject to hydrolysis) is 2. The number of fused-ring (bicyclic) bond motifs is 3. The Bertz CT molecular complexity index is 1740. The molecule has 0 aliphatic heterocycles. The largest absolute Gasteiger partial charge is 0.480 e. The molecule has 0 bridgehead atoms. The van der Waals surface area contributed by atoms with Crippen molar-refractivity contribution in [2.45, 2.75) is 84.2 Å². The lowest BCUT2D eigenvalue weighted by Crippen LogP contribution is -2.58. The summed E-state index contributed by atoms with van der Waals surface area (Å²) in [7, 11) is 4.19. The van der Waals surface area contributed by atoms with Crippen LogP contribution in [0.4, 0.5) is 9.59 Å². The minimum Gasteiger partial charge on any atom is -0.480 e. The van der Waals surface area contributed by atoms with E-state index in [1.54, 1.807) is 34.6 Å². The molecule has 0 aromatic heterocycles. The second-order valence-corrected chi connectivity index (χ2v) is 15.9. The maximum Gasteiger partial charge on any atom is 0.408 e. The average molecular weight is 800 g/mol. The van der Waals surface area contributed by atoms with Crippen LogP contribution < -0.4 is 10.6 Å². The van der Waals surface area contributed by atoms with E-state index in [1.807, 2.05) is 48.5 Å². The van der Waals surface area contributed by atoms with Crippen LogP contribution >= 0.6 is 11.9 Å². The first-order valence-corrected chi connectivity index (χ1v) is 19.0. The van der Waals surface area contributed by atoms with Gasteiger partial charge >= 0.3 is 24.1 Å². The van der Waals surface area contributed by atoms with E-state index in [0.717, 1.165) is 44.0 Å². The number of benzene rings is 2. The normalized spacial score (nSPS) is 14.2. The van der Waals surface area contributed by atoms with E-state index in [0.29, 0.717) is 0 Å². The fourth-order valence-corrected chi connectivity index (χ4v) is 7.00. The number of nitrogens with zero attached hydrogens (tertiary/aromatic N) is 3. The van der Waals surface area contributed by atoms with E-state index in [4.69, 9.17) is 14.2 Å². The van der Waals surface area contributed by atoms with Gasteiger partial charge in [-0.25, -0.2) is 19.2 Å². The maximum atomic E-state index is 14.1. The summed E-state index contributed by atoms with van der Waals surface area (Å²) >= 11 is 0.971. The molecule has 0 fully saturated rings. The zero-order valence-electron chi connectivity index (χ0n) is 33.5. The first-order chi connectivity index (χ1) is 26.1. The van der Waals surface area contributed by atoms with Gasteiger partial charge in [-0.3, -0.25) is 18.7 Å². The number of carbonyl (C=O) groups excluding carboxylic acids is 6. The Labute approximate surface area is 331 Å². The number of hydrogen-bond acceptors (Lipinski definition) is 11. The molecule has 306 valence electrons. The van der Waals surface area contributed by atoms with Crippen molar-refractivity contribution in [3.05, 3.63) is 59.7 Å². The molecule has 4 atom stereocenters. The number of rotatable bonds is 16. The van der Waals surface area contributed by atoms with Gasteiger partial charge in [-0.2, -0.15) is 0 Å². The summed E-state index contributed by atoms with van der Waals surface area (Å²) in [5.74, 6) is -5.04. The summed E-state index contributed by atoms with van der Waals surface area (Å²) < 4.78 is 17.4. The molecular weight excluding hydrogens is 747 g/mol. The lowest BCUT2D eigenvalue weighted by molar-refractivity contribution is -0.160. The van der Waals surface area contributed by atoms with Crippen LogP contribution in [0.2, 0.25) is 0 Å². The summed E-state index contributed by atoms with van der Waals surface area (Å²) in [6, 6.07) is 10.2. The lowest BCUT2D eigenvalue weighted by Gasteiger charge is -2.36. The standard InChI is InChI=1S/C39H53N5O11S/c1-22(2)32(43(9)34(47)31(21-56-44(10)24(4)45)42(8)33(46)23(3)40-38(52)55-39(5,6)7)36(50)53-20-30(35(48)49)41-37(51)54-19-29-27-17-13-11-15-25(27)26-16-12-14-18-28(26)29/h11-18,22-23,29-32H,19-21H2,1-10H3,(H,40,52)(H,41,51)(H,48,49)/t23-,30+,31-,32-/m0/s1. The molecule has 17 heteroatoms. The Hall–Kier alpha value is -5.32. The third-order valence-electron chi connectivity index (χ3n) is 9.04. The average Bonchev–Trinajstić information content (AvgIpc) is 3.44. The Balaban J connectivity index is 1.70. The molecule has 0 spiro atoms. The third-order valence-corrected chi connectivity index (χ3v) is 10.1. The highest BCUT2D eigenvalue weighted by molar-refractivity contribution is 7.97. The zero-order valence-corrected chi connectivity index (χ0v) is 34.3. The Morgan fingerprint density at radius 1 is 0.804 bits per heavy atom. The predicted octanol–water partition coefficient (Wildman–Crippen LogP) is 3.87. The van der Waals surface area contributed by atoms with Gasteiger partial charge in [0.25, 0.3) is 0 Å². The SMILES string of the molecule is CC(=O)N(C)SC[C@@H](C(=O)N(C)[C@H](C(=O)OC[C@@H](NC(=O)OCC1c2ccccc2-c2ccccc21)C(=O)O)C(C)C)N(C)C(=O)[C@H](C)NC(=O)OC(C)(C)C. The van der Waals surface area contributed by atoms with Crippen molar-refractivity contribution in [2.75, 3.05) is 40.1 Å². The van der Waals surface area contributed by atoms with Gasteiger partial charge in [0.15, 0.2) is 6.04 Å². The van der Waals surface area contributed by atoms with Crippen LogP contribution in [0.3, 0.4) is 0 Å². The number of carbonyl (C=O) groups is 7. The van der Waals surface area contributed by atoms with Crippen molar-refractivity contribution in [1.82, 2.24) is 24.7 Å². The number of likely N-dealkylation sites (N-methyl/N-ethyl adjacent to an activating group) is 2. The van der Waals surface area contributed by atoms with Crippen LogP contribution in [0, 0.1) is 5.92 Å². The Kier molecular flexibility index (Phi) is 15.7. The lowest BCUT2D eigenvalue weighted by atomic mass is 9.98. The van der Waals surface area contributed by atoms with Crippen LogP contribution in [0.15, 0.2) is 48.5 Å². The molecule has 1 aliphatic rings. The number of amides is 5. The number of hydrogen-bond donors (Lipinski definition) is 3. The number of esters is 1. The zero-order chi connectivity index (χ0) is 42.1. The summed E-state index contributed by atoms with van der Waals surface area (Å²) in [6.07, 6.45) is -1.87. The topological polar surface area (TPSA) is 201 Å². The Morgan fingerprint density at radius 3 is 1.86 bits per heavy atom. The summed E-state index contributed by atoms with van der Waals surface area (Å²) in [5.41, 5.74) is 3.16. The number of nitrogens with one attached hydrogen (secondary N) is 2. The summed E-state index contributed by atoms with van der Waals surface area (Å²) in [4.78, 5) is 92.7. The van der Waals surface area contributed by atoms with E-state index in [1.165, 1.54) is 39.3 Å². The molecule has 3 rings (SSSR count). The number of carboxylic acid groups (broad SMARTS) is 1. The molecular formula is C39H53N5O11S. The quantitative estimate of drug-likeness (QED) is 0.126.